The number of rotatable bonds is 3. The molecule has 20 heavy (non-hydrogen) atoms. The molecule has 0 atom stereocenters. The molecule has 2 rings (SSSR count). The van der Waals surface area contributed by atoms with Crippen molar-refractivity contribution >= 4 is 22.9 Å². The van der Waals surface area contributed by atoms with Gasteiger partial charge in [-0.15, -0.1) is 0 Å². The number of ether oxygens (including phenoxy) is 1. The van der Waals surface area contributed by atoms with Gasteiger partial charge >= 0.3 is 5.97 Å². The molecule has 0 spiro atoms. The number of hydrogen-bond donors (Lipinski definition) is 1. The summed E-state index contributed by atoms with van der Waals surface area (Å²) in [5.41, 5.74) is 0.924. The molecule has 1 aromatic heterocycles. The molecule has 0 radical (unpaired) electrons. The molecule has 0 unspecified atom stereocenters. The Morgan fingerprint density at radius 1 is 1.50 bits per heavy atom. The summed E-state index contributed by atoms with van der Waals surface area (Å²) in [6.45, 7) is 1.89. The molecule has 0 fully saturated rings. The molecule has 1 aromatic carbocycles. The van der Waals surface area contributed by atoms with E-state index in [1.807, 2.05) is 6.07 Å². The van der Waals surface area contributed by atoms with Crippen LogP contribution in [-0.4, -0.2) is 17.6 Å². The zero-order chi connectivity index (χ0) is 14.5. The van der Waals surface area contributed by atoms with Crippen molar-refractivity contribution in [1.29, 1.82) is 5.26 Å². The van der Waals surface area contributed by atoms with E-state index >= 15 is 0 Å². The highest BCUT2D eigenvalue weighted by Crippen LogP contribution is 2.13. The average Bonchev–Trinajstić information content (AvgIpc) is 2.46. The first-order valence-electron chi connectivity index (χ1n) is 6.06. The van der Waals surface area contributed by atoms with Gasteiger partial charge in [-0.25, -0.2) is 4.79 Å². The van der Waals surface area contributed by atoms with Crippen LogP contribution in [-0.2, 0) is 4.74 Å². The number of fused-ring (bicyclic) bond motifs is 1. The van der Waals surface area contributed by atoms with E-state index in [0.29, 0.717) is 16.5 Å². The Morgan fingerprint density at radius 3 is 3.00 bits per heavy atom. The molecular formula is C15H12N2O3. The van der Waals surface area contributed by atoms with E-state index in [1.165, 1.54) is 12.3 Å². The Labute approximate surface area is 115 Å². The number of esters is 1. The van der Waals surface area contributed by atoms with Crippen LogP contribution in [0.15, 0.2) is 35.3 Å². The van der Waals surface area contributed by atoms with Crippen LogP contribution in [0.5, 0.6) is 0 Å². The van der Waals surface area contributed by atoms with E-state index < -0.39 is 5.97 Å². The van der Waals surface area contributed by atoms with Crippen molar-refractivity contribution < 1.29 is 9.53 Å². The lowest BCUT2D eigenvalue weighted by molar-refractivity contribution is 0.0524. The lowest BCUT2D eigenvalue weighted by atomic mass is 10.1. The van der Waals surface area contributed by atoms with E-state index in [9.17, 15) is 9.59 Å². The van der Waals surface area contributed by atoms with Crippen LogP contribution in [0.3, 0.4) is 0 Å². The number of nitriles is 1. The van der Waals surface area contributed by atoms with Crippen LogP contribution in [0, 0.1) is 11.3 Å². The lowest BCUT2D eigenvalue weighted by Gasteiger charge is -2.04. The fourth-order valence-corrected chi connectivity index (χ4v) is 1.83. The number of aromatic amines is 1. The maximum atomic E-state index is 12.3. The van der Waals surface area contributed by atoms with Gasteiger partial charge in [0.05, 0.1) is 12.7 Å². The third-order valence-corrected chi connectivity index (χ3v) is 2.75. The number of H-pyrrole nitrogens is 1. The number of nitrogens with zero attached hydrogens (tertiary/aromatic N) is 1. The molecule has 1 heterocycles. The van der Waals surface area contributed by atoms with Crippen molar-refractivity contribution in [3.63, 3.8) is 0 Å². The SMILES string of the molecule is CCOC(=O)c1c[nH]c2ccc(C=CC#N)cc2c1=O. The van der Waals surface area contributed by atoms with Crippen LogP contribution in [0.1, 0.15) is 22.8 Å². The first-order valence-corrected chi connectivity index (χ1v) is 6.06. The summed E-state index contributed by atoms with van der Waals surface area (Å²) in [4.78, 5) is 26.8. The summed E-state index contributed by atoms with van der Waals surface area (Å²) >= 11 is 0. The first-order chi connectivity index (χ1) is 9.67. The highest BCUT2D eigenvalue weighted by atomic mass is 16.5. The predicted octanol–water partition coefficient (Wildman–Crippen LogP) is 2.24. The number of carbonyl (C=O) groups excluding carboxylic acids is 1. The second-order valence-electron chi connectivity index (χ2n) is 4.02. The molecule has 0 aliphatic rings. The number of nitrogens with one attached hydrogen (secondary N) is 1. The molecule has 2 aromatic rings. The van der Waals surface area contributed by atoms with E-state index in [0.717, 1.165) is 0 Å². The predicted molar refractivity (Wildman–Crippen MR) is 75.2 cm³/mol. The van der Waals surface area contributed by atoms with Crippen molar-refractivity contribution in [2.75, 3.05) is 6.61 Å². The molecule has 0 bridgehead atoms. The number of hydrogen-bond acceptors (Lipinski definition) is 4. The zero-order valence-corrected chi connectivity index (χ0v) is 10.8. The van der Waals surface area contributed by atoms with Crippen LogP contribution >= 0.6 is 0 Å². The minimum absolute atomic E-state index is 0.0271. The van der Waals surface area contributed by atoms with Crippen LogP contribution in [0.4, 0.5) is 0 Å². The van der Waals surface area contributed by atoms with Crippen molar-refractivity contribution in [2.45, 2.75) is 6.92 Å². The maximum Gasteiger partial charge on any atom is 0.343 e. The molecule has 0 saturated carbocycles. The quantitative estimate of drug-likeness (QED) is 0.683. The normalized spacial score (nSPS) is 10.6. The second kappa shape index (κ2) is 5.85. The summed E-state index contributed by atoms with van der Waals surface area (Å²) < 4.78 is 4.84. The molecule has 100 valence electrons. The summed E-state index contributed by atoms with van der Waals surface area (Å²) in [5.74, 6) is -0.645. The number of allylic oxidation sites excluding steroid dienone is 1. The number of pyridine rings is 1. The molecule has 5 nitrogen and oxygen atoms in total. The maximum absolute atomic E-state index is 12.3. The minimum atomic E-state index is -0.645. The highest BCUT2D eigenvalue weighted by Gasteiger charge is 2.13. The number of carbonyl (C=O) groups is 1. The molecule has 0 aliphatic carbocycles. The fourth-order valence-electron chi connectivity index (χ4n) is 1.83. The molecule has 0 saturated heterocycles. The van der Waals surface area contributed by atoms with E-state index in [1.54, 1.807) is 31.2 Å². The summed E-state index contributed by atoms with van der Waals surface area (Å²) in [5, 5.41) is 8.89. The number of aromatic nitrogens is 1. The third-order valence-electron chi connectivity index (χ3n) is 2.75. The Kier molecular flexibility index (Phi) is 3.96. The Bertz CT molecular complexity index is 782. The standard InChI is InChI=1S/C15H12N2O3/c1-2-20-15(19)12-9-17-13-6-5-10(4-3-7-16)8-11(13)14(12)18/h3-6,8-9H,2H2,1H3,(H,17,18). The van der Waals surface area contributed by atoms with E-state index in [2.05, 4.69) is 4.98 Å². The van der Waals surface area contributed by atoms with Gasteiger partial charge in [0, 0.05) is 23.2 Å². The average molecular weight is 268 g/mol. The first kappa shape index (κ1) is 13.6. The van der Waals surface area contributed by atoms with Gasteiger partial charge in [0.15, 0.2) is 0 Å². The highest BCUT2D eigenvalue weighted by molar-refractivity contribution is 5.93. The van der Waals surface area contributed by atoms with Gasteiger partial charge in [-0.3, -0.25) is 4.79 Å². The molecule has 1 N–H and O–H groups in total. The zero-order valence-electron chi connectivity index (χ0n) is 10.8. The topological polar surface area (TPSA) is 82.9 Å². The Morgan fingerprint density at radius 2 is 2.30 bits per heavy atom. The Balaban J connectivity index is 2.59. The fraction of sp³-hybridized carbons (Fsp3) is 0.133. The van der Waals surface area contributed by atoms with Crippen molar-refractivity contribution in [3.05, 3.63) is 51.8 Å². The molecular weight excluding hydrogens is 256 g/mol. The van der Waals surface area contributed by atoms with Gasteiger partial charge < -0.3 is 9.72 Å². The van der Waals surface area contributed by atoms with Crippen molar-refractivity contribution in [3.8, 4) is 6.07 Å². The lowest BCUT2D eigenvalue weighted by Crippen LogP contribution is -2.18. The van der Waals surface area contributed by atoms with Gasteiger partial charge in [0.25, 0.3) is 0 Å². The van der Waals surface area contributed by atoms with Crippen molar-refractivity contribution in [1.82, 2.24) is 4.98 Å². The molecule has 5 heteroatoms. The number of benzene rings is 1. The summed E-state index contributed by atoms with van der Waals surface area (Å²) in [7, 11) is 0. The largest absolute Gasteiger partial charge is 0.462 e. The van der Waals surface area contributed by atoms with Crippen LogP contribution < -0.4 is 5.43 Å². The monoisotopic (exact) mass is 268 g/mol. The van der Waals surface area contributed by atoms with Crippen molar-refractivity contribution in [2.24, 2.45) is 0 Å². The smallest absolute Gasteiger partial charge is 0.343 e. The van der Waals surface area contributed by atoms with Gasteiger partial charge in [0.2, 0.25) is 5.43 Å². The van der Waals surface area contributed by atoms with E-state index in [-0.39, 0.29) is 17.6 Å². The van der Waals surface area contributed by atoms with Crippen LogP contribution in [0.25, 0.3) is 17.0 Å². The van der Waals surface area contributed by atoms with E-state index in [4.69, 9.17) is 10.00 Å². The Hall–Kier alpha value is -2.87. The van der Waals surface area contributed by atoms with Gasteiger partial charge in [-0.05, 0) is 30.7 Å². The summed E-state index contributed by atoms with van der Waals surface area (Å²) in [6, 6.07) is 7.01. The summed E-state index contributed by atoms with van der Waals surface area (Å²) in [6.07, 6.45) is 4.27. The minimum Gasteiger partial charge on any atom is -0.462 e. The third kappa shape index (κ3) is 2.59. The van der Waals surface area contributed by atoms with Gasteiger partial charge in [-0.2, -0.15) is 5.26 Å². The molecule has 0 amide bonds. The second-order valence-corrected chi connectivity index (χ2v) is 4.02. The van der Waals surface area contributed by atoms with Gasteiger partial charge in [0.1, 0.15) is 5.56 Å². The molecule has 0 aliphatic heterocycles. The van der Waals surface area contributed by atoms with Gasteiger partial charge in [-0.1, -0.05) is 6.07 Å². The van der Waals surface area contributed by atoms with Crippen LogP contribution in [0.2, 0.25) is 0 Å².